The van der Waals surface area contributed by atoms with Crippen LogP contribution in [0.4, 0.5) is 0 Å². The minimum absolute atomic E-state index is 0.145. The third-order valence-electron chi connectivity index (χ3n) is 5.35. The van der Waals surface area contributed by atoms with E-state index < -0.39 is 0 Å². The van der Waals surface area contributed by atoms with Gasteiger partial charge in [0.25, 0.3) is 0 Å². The van der Waals surface area contributed by atoms with E-state index in [0.717, 1.165) is 25.0 Å². The average molecular weight is 296 g/mol. The highest BCUT2D eigenvalue weighted by molar-refractivity contribution is 4.75. The molecule has 2 aliphatic carbocycles. The van der Waals surface area contributed by atoms with Crippen LogP contribution < -0.4 is 0 Å². The molecule has 0 atom stereocenters. The Labute approximate surface area is 132 Å². The summed E-state index contributed by atoms with van der Waals surface area (Å²) >= 11 is 0. The Bertz CT molecular complexity index is 256. The number of rotatable bonds is 6. The topological polar surface area (TPSA) is 18.5 Å². The second kappa shape index (κ2) is 7.97. The van der Waals surface area contributed by atoms with Gasteiger partial charge in [0.05, 0.1) is 25.4 Å². The molecule has 2 aliphatic rings. The lowest BCUT2D eigenvalue weighted by Crippen LogP contribution is -2.32. The molecule has 0 aromatic carbocycles. The molecule has 0 bridgehead atoms. The Hall–Kier alpha value is -0.0800. The smallest absolute Gasteiger partial charge is 0.0575 e. The molecule has 2 nitrogen and oxygen atoms in total. The van der Waals surface area contributed by atoms with E-state index >= 15 is 0 Å². The van der Waals surface area contributed by atoms with E-state index in [1.165, 1.54) is 51.4 Å². The van der Waals surface area contributed by atoms with E-state index in [-0.39, 0.29) is 5.41 Å². The highest BCUT2D eigenvalue weighted by Crippen LogP contribution is 2.29. The fraction of sp³-hybridized carbons (Fsp3) is 1.00. The van der Waals surface area contributed by atoms with Crippen LogP contribution in [0.15, 0.2) is 0 Å². The predicted molar refractivity (Wildman–Crippen MR) is 88.5 cm³/mol. The van der Waals surface area contributed by atoms with E-state index in [2.05, 4.69) is 27.7 Å². The normalized spacial score (nSPS) is 34.9. The van der Waals surface area contributed by atoms with Gasteiger partial charge in [0.1, 0.15) is 0 Å². The Kier molecular flexibility index (Phi) is 6.55. The van der Waals surface area contributed by atoms with E-state index in [9.17, 15) is 0 Å². The highest BCUT2D eigenvalue weighted by atomic mass is 16.5. The first kappa shape index (κ1) is 17.3. The summed E-state index contributed by atoms with van der Waals surface area (Å²) in [6.07, 6.45) is 11.3. The van der Waals surface area contributed by atoms with Crippen molar-refractivity contribution in [3.8, 4) is 0 Å². The zero-order chi connectivity index (χ0) is 15.3. The standard InChI is InChI=1S/C19H36O2/c1-15-5-9-17(10-6-15)20-13-19(3,4)14-21-18-11-7-16(2)8-12-18/h15-18H,5-14H2,1-4H3. The first-order valence-electron chi connectivity index (χ1n) is 9.18. The average Bonchev–Trinajstić information content (AvgIpc) is 2.46. The molecule has 0 N–H and O–H groups in total. The summed E-state index contributed by atoms with van der Waals surface area (Å²) in [4.78, 5) is 0. The molecule has 0 radical (unpaired) electrons. The van der Waals surface area contributed by atoms with Gasteiger partial charge in [-0.25, -0.2) is 0 Å². The molecule has 21 heavy (non-hydrogen) atoms. The second-order valence-electron chi connectivity index (χ2n) is 8.55. The van der Waals surface area contributed by atoms with Crippen LogP contribution in [0.3, 0.4) is 0 Å². The van der Waals surface area contributed by atoms with Gasteiger partial charge in [0.2, 0.25) is 0 Å². The molecule has 0 spiro atoms. The maximum Gasteiger partial charge on any atom is 0.0575 e. The molecule has 0 aliphatic heterocycles. The molecule has 0 amide bonds. The van der Waals surface area contributed by atoms with Gasteiger partial charge in [-0.3, -0.25) is 0 Å². The van der Waals surface area contributed by atoms with Gasteiger partial charge in [0.15, 0.2) is 0 Å². The fourth-order valence-electron chi connectivity index (χ4n) is 3.52. The van der Waals surface area contributed by atoms with Crippen molar-refractivity contribution in [1.29, 1.82) is 0 Å². The van der Waals surface area contributed by atoms with Crippen molar-refractivity contribution >= 4 is 0 Å². The van der Waals surface area contributed by atoms with E-state index in [1.54, 1.807) is 0 Å². The van der Waals surface area contributed by atoms with Crippen LogP contribution in [0.25, 0.3) is 0 Å². The fourth-order valence-corrected chi connectivity index (χ4v) is 3.52. The Morgan fingerprint density at radius 1 is 0.667 bits per heavy atom. The van der Waals surface area contributed by atoms with Crippen LogP contribution in [-0.2, 0) is 9.47 Å². The highest BCUT2D eigenvalue weighted by Gasteiger charge is 2.26. The number of hydrogen-bond donors (Lipinski definition) is 0. The van der Waals surface area contributed by atoms with Crippen LogP contribution in [0.2, 0.25) is 0 Å². The van der Waals surface area contributed by atoms with E-state index in [0.29, 0.717) is 12.2 Å². The number of hydrogen-bond acceptors (Lipinski definition) is 2. The molecule has 0 aromatic rings. The van der Waals surface area contributed by atoms with Crippen molar-refractivity contribution in [3.05, 3.63) is 0 Å². The predicted octanol–water partition coefficient (Wildman–Crippen LogP) is 5.20. The third-order valence-corrected chi connectivity index (χ3v) is 5.35. The summed E-state index contributed by atoms with van der Waals surface area (Å²) in [6, 6.07) is 0. The van der Waals surface area contributed by atoms with Crippen molar-refractivity contribution in [2.75, 3.05) is 13.2 Å². The van der Waals surface area contributed by atoms with Crippen molar-refractivity contribution in [1.82, 2.24) is 0 Å². The van der Waals surface area contributed by atoms with Gasteiger partial charge in [-0.1, -0.05) is 27.7 Å². The lowest BCUT2D eigenvalue weighted by atomic mass is 9.88. The maximum atomic E-state index is 6.17. The molecular formula is C19H36O2. The molecule has 0 saturated heterocycles. The van der Waals surface area contributed by atoms with Crippen molar-refractivity contribution in [2.45, 2.75) is 91.3 Å². The van der Waals surface area contributed by atoms with Gasteiger partial charge in [-0.05, 0) is 63.2 Å². The van der Waals surface area contributed by atoms with Gasteiger partial charge in [-0.15, -0.1) is 0 Å². The van der Waals surface area contributed by atoms with Crippen LogP contribution in [0, 0.1) is 17.3 Å². The summed E-state index contributed by atoms with van der Waals surface area (Å²) < 4.78 is 12.3. The third kappa shape index (κ3) is 6.28. The first-order chi connectivity index (χ1) is 9.94. The molecule has 2 fully saturated rings. The Morgan fingerprint density at radius 2 is 1.00 bits per heavy atom. The summed E-state index contributed by atoms with van der Waals surface area (Å²) in [5.41, 5.74) is 0.145. The lowest BCUT2D eigenvalue weighted by molar-refractivity contribution is -0.0724. The number of ether oxygens (including phenoxy) is 2. The monoisotopic (exact) mass is 296 g/mol. The zero-order valence-electron chi connectivity index (χ0n) is 14.7. The van der Waals surface area contributed by atoms with E-state index in [1.807, 2.05) is 0 Å². The summed E-state index contributed by atoms with van der Waals surface area (Å²) in [7, 11) is 0. The summed E-state index contributed by atoms with van der Waals surface area (Å²) in [5.74, 6) is 1.80. The molecule has 0 heterocycles. The Balaban J connectivity index is 1.62. The van der Waals surface area contributed by atoms with Crippen molar-refractivity contribution in [2.24, 2.45) is 17.3 Å². The molecule has 2 heteroatoms. The zero-order valence-corrected chi connectivity index (χ0v) is 14.7. The van der Waals surface area contributed by atoms with Crippen LogP contribution >= 0.6 is 0 Å². The van der Waals surface area contributed by atoms with Gasteiger partial charge < -0.3 is 9.47 Å². The minimum Gasteiger partial charge on any atom is -0.378 e. The van der Waals surface area contributed by atoms with Crippen molar-refractivity contribution < 1.29 is 9.47 Å². The molecule has 0 aromatic heterocycles. The maximum absolute atomic E-state index is 6.17. The van der Waals surface area contributed by atoms with Crippen LogP contribution in [0.1, 0.15) is 79.1 Å². The first-order valence-corrected chi connectivity index (χ1v) is 9.18. The molecule has 2 rings (SSSR count). The quantitative estimate of drug-likeness (QED) is 0.670. The SMILES string of the molecule is CC1CCC(OCC(C)(C)COC2CCC(C)CC2)CC1. The second-order valence-corrected chi connectivity index (χ2v) is 8.55. The molecule has 0 unspecified atom stereocenters. The van der Waals surface area contributed by atoms with Gasteiger partial charge in [-0.2, -0.15) is 0 Å². The van der Waals surface area contributed by atoms with Crippen molar-refractivity contribution in [3.63, 3.8) is 0 Å². The minimum atomic E-state index is 0.145. The molecule has 2 saturated carbocycles. The Morgan fingerprint density at radius 3 is 1.33 bits per heavy atom. The van der Waals surface area contributed by atoms with Gasteiger partial charge in [0, 0.05) is 5.41 Å². The molecule has 124 valence electrons. The molecular weight excluding hydrogens is 260 g/mol. The summed E-state index contributed by atoms with van der Waals surface area (Å²) in [5, 5.41) is 0. The lowest BCUT2D eigenvalue weighted by Gasteiger charge is -2.33. The van der Waals surface area contributed by atoms with Gasteiger partial charge >= 0.3 is 0 Å². The van der Waals surface area contributed by atoms with Crippen LogP contribution in [0.5, 0.6) is 0 Å². The van der Waals surface area contributed by atoms with E-state index in [4.69, 9.17) is 9.47 Å². The van der Waals surface area contributed by atoms with Crippen LogP contribution in [-0.4, -0.2) is 25.4 Å². The summed E-state index contributed by atoms with van der Waals surface area (Å²) in [6.45, 7) is 11.0. The largest absolute Gasteiger partial charge is 0.378 e.